The molecule has 0 aromatic heterocycles. The summed E-state index contributed by atoms with van der Waals surface area (Å²) >= 11 is 0. The van der Waals surface area contributed by atoms with Gasteiger partial charge < -0.3 is 14.2 Å². The van der Waals surface area contributed by atoms with Crippen molar-refractivity contribution in [3.63, 3.8) is 0 Å². The van der Waals surface area contributed by atoms with Gasteiger partial charge >= 0.3 is 0 Å². The Balaban J connectivity index is 2.04. The van der Waals surface area contributed by atoms with Gasteiger partial charge in [-0.2, -0.15) is 5.10 Å². The second kappa shape index (κ2) is 10.9. The van der Waals surface area contributed by atoms with Crippen LogP contribution in [-0.2, 0) is 0 Å². The number of hydrogen-bond acceptors (Lipinski definition) is 5. The van der Waals surface area contributed by atoms with E-state index in [9.17, 15) is 4.79 Å². The van der Waals surface area contributed by atoms with Crippen molar-refractivity contribution in [1.29, 1.82) is 0 Å². The smallest absolute Gasteiger partial charge is 0.271 e. The number of ether oxygens (including phenoxy) is 3. The second-order valence-electron chi connectivity index (χ2n) is 5.65. The summed E-state index contributed by atoms with van der Waals surface area (Å²) in [7, 11) is 0. The molecule has 0 spiro atoms. The van der Waals surface area contributed by atoms with E-state index in [0.717, 1.165) is 17.7 Å². The normalized spacial score (nSPS) is 10.6. The van der Waals surface area contributed by atoms with Crippen LogP contribution in [-0.4, -0.2) is 31.9 Å². The lowest BCUT2D eigenvalue weighted by molar-refractivity contribution is 0.0954. The molecule has 0 radical (unpaired) electrons. The van der Waals surface area contributed by atoms with Crippen molar-refractivity contribution in [2.75, 3.05) is 19.8 Å². The van der Waals surface area contributed by atoms with Crippen LogP contribution in [0.4, 0.5) is 0 Å². The fourth-order valence-electron chi connectivity index (χ4n) is 2.33. The van der Waals surface area contributed by atoms with E-state index in [1.807, 2.05) is 45.0 Å². The first-order valence-corrected chi connectivity index (χ1v) is 9.13. The van der Waals surface area contributed by atoms with Crippen LogP contribution in [0.1, 0.15) is 43.1 Å². The number of hydrazone groups is 1. The molecule has 2 aromatic rings. The standard InChI is InChI=1S/C21H26N2O4/c1-4-12-27-19-11-10-17(14-20(19)26-6-3)21(24)23-22-15-16-8-7-9-18(13-16)25-5-2/h7-11,13-15H,4-6,12H2,1-3H3,(H,23,24)/b22-15+. The molecule has 0 saturated heterocycles. The molecule has 6 heteroatoms. The summed E-state index contributed by atoms with van der Waals surface area (Å²) in [6, 6.07) is 12.6. The van der Waals surface area contributed by atoms with E-state index in [0.29, 0.717) is 36.9 Å². The summed E-state index contributed by atoms with van der Waals surface area (Å²) in [5.41, 5.74) is 3.80. The van der Waals surface area contributed by atoms with Crippen molar-refractivity contribution in [2.24, 2.45) is 5.10 Å². The summed E-state index contributed by atoms with van der Waals surface area (Å²) < 4.78 is 16.7. The average Bonchev–Trinajstić information content (AvgIpc) is 2.67. The van der Waals surface area contributed by atoms with Crippen LogP contribution in [0, 0.1) is 0 Å². The van der Waals surface area contributed by atoms with Crippen molar-refractivity contribution < 1.29 is 19.0 Å². The summed E-state index contributed by atoms with van der Waals surface area (Å²) in [5.74, 6) is 1.62. The Morgan fingerprint density at radius 2 is 1.81 bits per heavy atom. The van der Waals surface area contributed by atoms with Gasteiger partial charge in [-0.1, -0.05) is 19.1 Å². The van der Waals surface area contributed by atoms with Crippen LogP contribution < -0.4 is 19.6 Å². The molecule has 0 aliphatic carbocycles. The predicted octanol–water partition coefficient (Wildman–Crippen LogP) is 4.04. The van der Waals surface area contributed by atoms with Crippen molar-refractivity contribution in [3.05, 3.63) is 53.6 Å². The fraction of sp³-hybridized carbons (Fsp3) is 0.333. The highest BCUT2D eigenvalue weighted by atomic mass is 16.5. The zero-order valence-corrected chi connectivity index (χ0v) is 16.0. The predicted molar refractivity (Wildman–Crippen MR) is 106 cm³/mol. The van der Waals surface area contributed by atoms with Gasteiger partial charge in [0.1, 0.15) is 5.75 Å². The minimum atomic E-state index is -0.324. The third-order valence-electron chi connectivity index (χ3n) is 3.52. The van der Waals surface area contributed by atoms with Gasteiger partial charge in [-0.3, -0.25) is 4.79 Å². The Hall–Kier alpha value is -3.02. The van der Waals surface area contributed by atoms with Gasteiger partial charge in [0.15, 0.2) is 11.5 Å². The fourth-order valence-corrected chi connectivity index (χ4v) is 2.33. The highest BCUT2D eigenvalue weighted by Crippen LogP contribution is 2.28. The topological polar surface area (TPSA) is 69.2 Å². The maximum Gasteiger partial charge on any atom is 0.271 e. The van der Waals surface area contributed by atoms with Gasteiger partial charge in [-0.15, -0.1) is 0 Å². The van der Waals surface area contributed by atoms with Crippen LogP contribution in [0.2, 0.25) is 0 Å². The Labute approximate surface area is 160 Å². The molecule has 1 N–H and O–H groups in total. The third-order valence-corrected chi connectivity index (χ3v) is 3.52. The minimum Gasteiger partial charge on any atom is -0.494 e. The summed E-state index contributed by atoms with van der Waals surface area (Å²) in [6.45, 7) is 7.52. The maximum atomic E-state index is 12.3. The lowest BCUT2D eigenvalue weighted by atomic mass is 10.2. The first-order valence-electron chi connectivity index (χ1n) is 9.13. The molecular formula is C21H26N2O4. The molecule has 144 valence electrons. The van der Waals surface area contributed by atoms with Crippen LogP contribution >= 0.6 is 0 Å². The maximum absolute atomic E-state index is 12.3. The Bertz CT molecular complexity index is 775. The first kappa shape index (κ1) is 20.3. The van der Waals surface area contributed by atoms with Crippen LogP contribution in [0.3, 0.4) is 0 Å². The van der Waals surface area contributed by atoms with Crippen LogP contribution in [0.5, 0.6) is 17.2 Å². The Kier molecular flexibility index (Phi) is 8.16. The number of rotatable bonds is 10. The Morgan fingerprint density at radius 3 is 2.56 bits per heavy atom. The molecule has 1 amide bonds. The quantitative estimate of drug-likeness (QED) is 0.506. The summed E-state index contributed by atoms with van der Waals surface area (Å²) in [6.07, 6.45) is 2.47. The summed E-state index contributed by atoms with van der Waals surface area (Å²) in [4.78, 5) is 12.3. The third kappa shape index (κ3) is 6.33. The van der Waals surface area contributed by atoms with E-state index >= 15 is 0 Å². The number of amides is 1. The van der Waals surface area contributed by atoms with Gasteiger partial charge in [0.2, 0.25) is 0 Å². The largest absolute Gasteiger partial charge is 0.494 e. The monoisotopic (exact) mass is 370 g/mol. The van der Waals surface area contributed by atoms with Gasteiger partial charge in [-0.25, -0.2) is 5.43 Å². The van der Waals surface area contributed by atoms with E-state index in [2.05, 4.69) is 10.5 Å². The highest BCUT2D eigenvalue weighted by molar-refractivity contribution is 5.95. The van der Waals surface area contributed by atoms with E-state index < -0.39 is 0 Å². The molecule has 0 unspecified atom stereocenters. The first-order chi connectivity index (χ1) is 13.2. The molecular weight excluding hydrogens is 344 g/mol. The van der Waals surface area contributed by atoms with Gasteiger partial charge in [0, 0.05) is 5.56 Å². The van der Waals surface area contributed by atoms with Crippen molar-refractivity contribution in [3.8, 4) is 17.2 Å². The zero-order valence-electron chi connectivity index (χ0n) is 16.0. The number of nitrogens with zero attached hydrogens (tertiary/aromatic N) is 1. The number of carbonyl (C=O) groups excluding carboxylic acids is 1. The van der Waals surface area contributed by atoms with E-state index in [-0.39, 0.29) is 5.91 Å². The molecule has 0 bridgehead atoms. The number of carbonyl (C=O) groups is 1. The van der Waals surface area contributed by atoms with Crippen LogP contribution in [0.25, 0.3) is 0 Å². The molecule has 0 heterocycles. The van der Waals surface area contributed by atoms with Crippen molar-refractivity contribution >= 4 is 12.1 Å². The van der Waals surface area contributed by atoms with Crippen molar-refractivity contribution in [2.45, 2.75) is 27.2 Å². The second-order valence-corrected chi connectivity index (χ2v) is 5.65. The zero-order chi connectivity index (χ0) is 19.5. The Morgan fingerprint density at radius 1 is 1.00 bits per heavy atom. The number of benzene rings is 2. The highest BCUT2D eigenvalue weighted by Gasteiger charge is 2.11. The van der Waals surface area contributed by atoms with Gasteiger partial charge in [0.05, 0.1) is 26.0 Å². The minimum absolute atomic E-state index is 0.324. The molecule has 0 atom stereocenters. The average molecular weight is 370 g/mol. The van der Waals surface area contributed by atoms with E-state index in [1.54, 1.807) is 24.4 Å². The molecule has 27 heavy (non-hydrogen) atoms. The molecule has 0 saturated carbocycles. The SMILES string of the molecule is CCCOc1ccc(C(=O)N/N=C/c2cccc(OCC)c2)cc1OCC. The molecule has 2 aromatic carbocycles. The number of hydrogen-bond donors (Lipinski definition) is 1. The van der Waals surface area contributed by atoms with Crippen LogP contribution in [0.15, 0.2) is 47.6 Å². The molecule has 0 aliphatic heterocycles. The van der Waals surface area contributed by atoms with Gasteiger partial charge in [0.25, 0.3) is 5.91 Å². The van der Waals surface area contributed by atoms with E-state index in [4.69, 9.17) is 14.2 Å². The van der Waals surface area contributed by atoms with Crippen molar-refractivity contribution in [1.82, 2.24) is 5.43 Å². The lowest BCUT2D eigenvalue weighted by Gasteiger charge is -2.12. The summed E-state index contributed by atoms with van der Waals surface area (Å²) in [5, 5.41) is 4.01. The molecule has 2 rings (SSSR count). The number of nitrogens with one attached hydrogen (secondary N) is 1. The molecule has 0 aliphatic rings. The molecule has 0 fully saturated rings. The molecule has 6 nitrogen and oxygen atoms in total. The van der Waals surface area contributed by atoms with E-state index in [1.165, 1.54) is 0 Å². The lowest BCUT2D eigenvalue weighted by Crippen LogP contribution is -2.17. The van der Waals surface area contributed by atoms with Gasteiger partial charge in [-0.05, 0) is 56.2 Å².